The Morgan fingerprint density at radius 3 is 3.13 bits per heavy atom. The van der Waals surface area contributed by atoms with Gasteiger partial charge < -0.3 is 5.32 Å². The number of hydrogen-bond acceptors (Lipinski definition) is 3. The molecule has 1 amide bonds. The minimum atomic E-state index is -0.0544. The number of alkyl halides is 1. The summed E-state index contributed by atoms with van der Waals surface area (Å²) in [5, 5.41) is 4.11. The van der Waals surface area contributed by atoms with Gasteiger partial charge >= 0.3 is 0 Å². The summed E-state index contributed by atoms with van der Waals surface area (Å²) in [6, 6.07) is 5.75. The van der Waals surface area contributed by atoms with Crippen LogP contribution in [0.2, 0.25) is 0 Å². The van der Waals surface area contributed by atoms with E-state index in [-0.39, 0.29) is 5.91 Å². The fourth-order valence-electron chi connectivity index (χ4n) is 1.31. The van der Waals surface area contributed by atoms with Gasteiger partial charge in [0.05, 0.1) is 20.6 Å². The first-order valence-electron chi connectivity index (χ1n) is 4.42. The minimum Gasteiger partial charge on any atom is -0.325 e. The number of benzene rings is 1. The molecule has 0 saturated heterocycles. The highest BCUT2D eigenvalue weighted by molar-refractivity contribution is 9.09. The lowest BCUT2D eigenvalue weighted by Crippen LogP contribution is -2.11. The van der Waals surface area contributed by atoms with Crippen LogP contribution in [0.3, 0.4) is 0 Å². The number of hydrogen-bond donors (Lipinski definition) is 1. The Balaban J connectivity index is 2.33. The van der Waals surface area contributed by atoms with Crippen molar-refractivity contribution in [1.29, 1.82) is 0 Å². The van der Waals surface area contributed by atoms with Crippen LogP contribution in [0.5, 0.6) is 0 Å². The number of fused-ring (bicyclic) bond motifs is 1. The molecule has 15 heavy (non-hydrogen) atoms. The Morgan fingerprint density at radius 2 is 2.40 bits per heavy atom. The highest BCUT2D eigenvalue weighted by Crippen LogP contribution is 2.24. The molecule has 1 N–H and O–H groups in total. The molecular formula is C10H9BrN2OS. The number of rotatable bonds is 2. The van der Waals surface area contributed by atoms with Gasteiger partial charge in [0.2, 0.25) is 5.91 Å². The van der Waals surface area contributed by atoms with Crippen molar-refractivity contribution in [1.82, 2.24) is 4.98 Å². The number of aryl methyl sites for hydroxylation is 1. The molecule has 0 radical (unpaired) electrons. The molecule has 1 heterocycles. The average Bonchev–Trinajstić information content (AvgIpc) is 2.57. The molecule has 3 nitrogen and oxygen atoms in total. The van der Waals surface area contributed by atoms with Gasteiger partial charge in [0, 0.05) is 5.69 Å². The summed E-state index contributed by atoms with van der Waals surface area (Å²) in [6.07, 6.45) is 0. The van der Waals surface area contributed by atoms with Gasteiger partial charge in [-0.15, -0.1) is 11.3 Å². The van der Waals surface area contributed by atoms with Gasteiger partial charge in [-0.1, -0.05) is 15.9 Å². The van der Waals surface area contributed by atoms with Crippen LogP contribution in [0.15, 0.2) is 18.2 Å². The number of nitrogens with one attached hydrogen (secondary N) is 1. The normalized spacial score (nSPS) is 10.5. The van der Waals surface area contributed by atoms with Crippen LogP contribution in [0.25, 0.3) is 10.2 Å². The molecule has 78 valence electrons. The molecule has 2 aromatic rings. The fourth-order valence-corrected chi connectivity index (χ4v) is 2.26. The molecule has 0 saturated carbocycles. The smallest absolute Gasteiger partial charge is 0.235 e. The third-order valence-corrected chi connectivity index (χ3v) is 3.36. The van der Waals surface area contributed by atoms with E-state index >= 15 is 0 Å². The Kier molecular flexibility index (Phi) is 3.02. The zero-order valence-electron chi connectivity index (χ0n) is 8.08. The lowest BCUT2D eigenvalue weighted by Gasteiger charge is -2.01. The van der Waals surface area contributed by atoms with Crippen LogP contribution in [0.1, 0.15) is 5.01 Å². The zero-order valence-corrected chi connectivity index (χ0v) is 10.5. The summed E-state index contributed by atoms with van der Waals surface area (Å²) in [7, 11) is 0. The van der Waals surface area contributed by atoms with Crippen LogP contribution < -0.4 is 5.32 Å². The second kappa shape index (κ2) is 4.28. The molecule has 1 aromatic heterocycles. The number of carbonyl (C=O) groups is 1. The van der Waals surface area contributed by atoms with E-state index in [1.165, 1.54) is 0 Å². The van der Waals surface area contributed by atoms with Crippen LogP contribution in [-0.2, 0) is 4.79 Å². The molecule has 0 atom stereocenters. The van der Waals surface area contributed by atoms with Gasteiger partial charge in [-0.2, -0.15) is 0 Å². The molecule has 2 rings (SSSR count). The molecule has 0 bridgehead atoms. The third-order valence-electron chi connectivity index (χ3n) is 1.90. The standard InChI is InChI=1S/C10H9BrN2OS/c1-6-12-8-4-7(13-10(14)5-11)2-3-9(8)15-6/h2-4H,5H2,1H3,(H,13,14). The number of anilines is 1. The molecule has 0 unspecified atom stereocenters. The van der Waals surface area contributed by atoms with E-state index in [4.69, 9.17) is 0 Å². The Labute approximate surface area is 99.6 Å². The second-order valence-corrected chi connectivity index (χ2v) is 4.89. The Bertz CT molecular complexity index is 509. The Morgan fingerprint density at radius 1 is 1.60 bits per heavy atom. The molecule has 1 aromatic carbocycles. The molecular weight excluding hydrogens is 276 g/mol. The van der Waals surface area contributed by atoms with Gasteiger partial charge in [0.15, 0.2) is 0 Å². The third kappa shape index (κ3) is 2.35. The van der Waals surface area contributed by atoms with Crippen molar-refractivity contribution in [3.05, 3.63) is 23.2 Å². The number of carbonyl (C=O) groups excluding carboxylic acids is 1. The van der Waals surface area contributed by atoms with Crippen LogP contribution in [-0.4, -0.2) is 16.2 Å². The summed E-state index contributed by atoms with van der Waals surface area (Å²) in [5.74, 6) is -0.0544. The average molecular weight is 285 g/mol. The highest BCUT2D eigenvalue weighted by atomic mass is 79.9. The summed E-state index contributed by atoms with van der Waals surface area (Å²) in [5.41, 5.74) is 1.72. The zero-order chi connectivity index (χ0) is 10.8. The van der Waals surface area contributed by atoms with Crippen LogP contribution in [0, 0.1) is 6.92 Å². The first-order chi connectivity index (χ1) is 7.19. The van der Waals surface area contributed by atoms with Crippen molar-refractivity contribution in [3.8, 4) is 0 Å². The first-order valence-corrected chi connectivity index (χ1v) is 6.36. The SMILES string of the molecule is Cc1nc2cc(NC(=O)CBr)ccc2s1. The topological polar surface area (TPSA) is 42.0 Å². The lowest BCUT2D eigenvalue weighted by molar-refractivity contribution is -0.113. The van der Waals surface area contributed by atoms with Gasteiger partial charge in [-0.3, -0.25) is 4.79 Å². The summed E-state index contributed by atoms with van der Waals surface area (Å²) < 4.78 is 1.14. The molecule has 0 aliphatic heterocycles. The van der Waals surface area contributed by atoms with E-state index in [1.807, 2.05) is 25.1 Å². The van der Waals surface area contributed by atoms with Crippen molar-refractivity contribution in [2.24, 2.45) is 0 Å². The Hall–Kier alpha value is -0.940. The van der Waals surface area contributed by atoms with Crippen LogP contribution in [0.4, 0.5) is 5.69 Å². The molecule has 0 aliphatic rings. The van der Waals surface area contributed by atoms with Crippen molar-refractivity contribution >= 4 is 49.1 Å². The minimum absolute atomic E-state index is 0.0544. The van der Waals surface area contributed by atoms with E-state index in [0.717, 1.165) is 20.9 Å². The number of thiazole rings is 1. The predicted molar refractivity (Wildman–Crippen MR) is 66.8 cm³/mol. The molecule has 0 fully saturated rings. The quantitative estimate of drug-likeness (QED) is 0.862. The first kappa shape index (κ1) is 10.6. The number of halogens is 1. The summed E-state index contributed by atoms with van der Waals surface area (Å²) in [4.78, 5) is 15.5. The second-order valence-electron chi connectivity index (χ2n) is 3.10. The van der Waals surface area contributed by atoms with Crippen molar-refractivity contribution in [2.75, 3.05) is 10.6 Å². The van der Waals surface area contributed by atoms with Gasteiger partial charge in [0.1, 0.15) is 0 Å². The van der Waals surface area contributed by atoms with Gasteiger partial charge in [-0.25, -0.2) is 4.98 Å². The number of nitrogens with zero attached hydrogens (tertiary/aromatic N) is 1. The van der Waals surface area contributed by atoms with E-state index in [9.17, 15) is 4.79 Å². The van der Waals surface area contributed by atoms with Gasteiger partial charge in [-0.05, 0) is 25.1 Å². The monoisotopic (exact) mass is 284 g/mol. The van der Waals surface area contributed by atoms with E-state index < -0.39 is 0 Å². The van der Waals surface area contributed by atoms with Crippen molar-refractivity contribution in [3.63, 3.8) is 0 Å². The maximum atomic E-state index is 11.1. The highest BCUT2D eigenvalue weighted by Gasteiger charge is 2.03. The van der Waals surface area contributed by atoms with E-state index in [2.05, 4.69) is 26.2 Å². The number of aromatic nitrogens is 1. The molecule has 5 heteroatoms. The van der Waals surface area contributed by atoms with Crippen molar-refractivity contribution in [2.45, 2.75) is 6.92 Å². The van der Waals surface area contributed by atoms with Crippen molar-refractivity contribution < 1.29 is 4.79 Å². The summed E-state index contributed by atoms with van der Waals surface area (Å²) in [6.45, 7) is 1.97. The maximum Gasteiger partial charge on any atom is 0.235 e. The van der Waals surface area contributed by atoms with Gasteiger partial charge in [0.25, 0.3) is 0 Å². The lowest BCUT2D eigenvalue weighted by atomic mass is 10.3. The fraction of sp³-hybridized carbons (Fsp3) is 0.200. The van der Waals surface area contributed by atoms with E-state index in [0.29, 0.717) is 5.33 Å². The summed E-state index contributed by atoms with van der Waals surface area (Å²) >= 11 is 4.75. The number of amides is 1. The van der Waals surface area contributed by atoms with E-state index in [1.54, 1.807) is 11.3 Å². The maximum absolute atomic E-state index is 11.1. The van der Waals surface area contributed by atoms with Crippen LogP contribution >= 0.6 is 27.3 Å². The molecule has 0 spiro atoms. The predicted octanol–water partition coefficient (Wildman–Crippen LogP) is 2.94. The molecule has 0 aliphatic carbocycles. The largest absolute Gasteiger partial charge is 0.325 e.